The van der Waals surface area contributed by atoms with Crippen molar-refractivity contribution >= 4 is 43.5 Å². The Balaban J connectivity index is 2.70. The van der Waals surface area contributed by atoms with E-state index in [9.17, 15) is 4.79 Å². The molecule has 0 aliphatic rings. The molecule has 0 radical (unpaired) electrons. The van der Waals surface area contributed by atoms with Crippen LogP contribution in [0.5, 0.6) is 0 Å². The maximum atomic E-state index is 10.6. The number of hydrogen-bond acceptors (Lipinski definition) is 3. The van der Waals surface area contributed by atoms with Gasteiger partial charge in [0.1, 0.15) is 4.60 Å². The van der Waals surface area contributed by atoms with Crippen molar-refractivity contribution in [1.29, 1.82) is 0 Å². The minimum Gasteiger partial charge on any atom is -0.478 e. The zero-order chi connectivity index (χ0) is 9.42. The largest absolute Gasteiger partial charge is 0.478 e. The van der Waals surface area contributed by atoms with Gasteiger partial charge in [0, 0.05) is 5.39 Å². The van der Waals surface area contributed by atoms with Crippen LogP contribution in [0, 0.1) is 0 Å². The highest BCUT2D eigenvalue weighted by Crippen LogP contribution is 2.27. The number of hydrogen-bond donors (Lipinski definition) is 1. The summed E-state index contributed by atoms with van der Waals surface area (Å²) in [6, 6.07) is 4.95. The molecule has 0 aliphatic heterocycles. The van der Waals surface area contributed by atoms with Gasteiger partial charge in [0.15, 0.2) is 0 Å². The molecular formula is C8H4BrNO2S. The number of carboxylic acids is 1. The predicted molar refractivity (Wildman–Crippen MR) is 54.3 cm³/mol. The molecule has 1 N–H and O–H groups in total. The summed E-state index contributed by atoms with van der Waals surface area (Å²) in [6.45, 7) is 0. The highest BCUT2D eigenvalue weighted by Gasteiger charge is 2.07. The number of carbonyl (C=O) groups is 1. The molecule has 1 heterocycles. The van der Waals surface area contributed by atoms with E-state index in [1.807, 2.05) is 0 Å². The molecule has 3 nitrogen and oxygen atoms in total. The van der Waals surface area contributed by atoms with Crippen molar-refractivity contribution in [2.24, 2.45) is 0 Å². The highest BCUT2D eigenvalue weighted by atomic mass is 79.9. The number of aromatic nitrogens is 1. The second-order valence-electron chi connectivity index (χ2n) is 2.49. The van der Waals surface area contributed by atoms with E-state index in [0.29, 0.717) is 5.56 Å². The molecule has 0 unspecified atom stereocenters. The van der Waals surface area contributed by atoms with Gasteiger partial charge < -0.3 is 5.11 Å². The fraction of sp³-hybridized carbons (Fsp3) is 0. The lowest BCUT2D eigenvalue weighted by atomic mass is 10.2. The van der Waals surface area contributed by atoms with Crippen LogP contribution in [0.2, 0.25) is 0 Å². The Kier molecular flexibility index (Phi) is 2.05. The van der Waals surface area contributed by atoms with Crippen molar-refractivity contribution in [3.63, 3.8) is 0 Å². The molecule has 1 aromatic heterocycles. The first-order chi connectivity index (χ1) is 6.18. The fourth-order valence-corrected chi connectivity index (χ4v) is 2.45. The average Bonchev–Trinajstić information content (AvgIpc) is 2.47. The maximum absolute atomic E-state index is 10.6. The molecular weight excluding hydrogens is 254 g/mol. The van der Waals surface area contributed by atoms with Crippen molar-refractivity contribution in [2.45, 2.75) is 0 Å². The van der Waals surface area contributed by atoms with E-state index in [-0.39, 0.29) is 0 Å². The highest BCUT2D eigenvalue weighted by molar-refractivity contribution is 9.10. The number of nitrogens with zero attached hydrogens (tertiary/aromatic N) is 1. The minimum atomic E-state index is -0.911. The van der Waals surface area contributed by atoms with Gasteiger partial charge in [-0.15, -0.1) is 0 Å². The van der Waals surface area contributed by atoms with Gasteiger partial charge in [0.2, 0.25) is 0 Å². The van der Waals surface area contributed by atoms with Crippen LogP contribution in [0.25, 0.3) is 10.1 Å². The van der Waals surface area contributed by atoms with E-state index < -0.39 is 5.97 Å². The molecule has 0 amide bonds. The van der Waals surface area contributed by atoms with Gasteiger partial charge in [-0.1, -0.05) is 0 Å². The van der Waals surface area contributed by atoms with Crippen LogP contribution in [-0.2, 0) is 0 Å². The summed E-state index contributed by atoms with van der Waals surface area (Å²) in [6.07, 6.45) is 0. The van der Waals surface area contributed by atoms with Crippen molar-refractivity contribution in [2.75, 3.05) is 0 Å². The van der Waals surface area contributed by atoms with E-state index in [1.54, 1.807) is 18.2 Å². The minimum absolute atomic E-state index is 0.295. The molecule has 5 heteroatoms. The van der Waals surface area contributed by atoms with Crippen LogP contribution in [0.1, 0.15) is 10.4 Å². The molecule has 0 fully saturated rings. The first kappa shape index (κ1) is 8.65. The first-order valence-corrected chi connectivity index (χ1v) is 5.03. The third-order valence-electron chi connectivity index (χ3n) is 1.67. The van der Waals surface area contributed by atoms with Crippen molar-refractivity contribution in [3.8, 4) is 0 Å². The topological polar surface area (TPSA) is 50.2 Å². The summed E-state index contributed by atoms with van der Waals surface area (Å²) in [5, 5.41) is 9.68. The van der Waals surface area contributed by atoms with Crippen molar-refractivity contribution < 1.29 is 9.90 Å². The standard InChI is InChI=1S/C8H4BrNO2S/c9-7-5-2-1-4(8(11)12)3-6(5)13-10-7/h1-3H,(H,11,12). The Labute approximate surface area is 86.3 Å². The molecule has 66 valence electrons. The first-order valence-electron chi connectivity index (χ1n) is 3.47. The molecule has 0 saturated carbocycles. The van der Waals surface area contributed by atoms with Crippen LogP contribution in [0.15, 0.2) is 22.8 Å². The van der Waals surface area contributed by atoms with Gasteiger partial charge in [0.25, 0.3) is 0 Å². The Hall–Kier alpha value is -0.940. The van der Waals surface area contributed by atoms with E-state index in [0.717, 1.165) is 14.7 Å². The number of fused-ring (bicyclic) bond motifs is 1. The molecule has 0 aliphatic carbocycles. The van der Waals surface area contributed by atoms with Crippen LogP contribution in [0.3, 0.4) is 0 Å². The lowest BCUT2D eigenvalue weighted by Gasteiger charge is -1.92. The molecule has 0 bridgehead atoms. The van der Waals surface area contributed by atoms with Gasteiger partial charge in [-0.05, 0) is 45.7 Å². The normalized spacial score (nSPS) is 10.5. The van der Waals surface area contributed by atoms with E-state index >= 15 is 0 Å². The third kappa shape index (κ3) is 1.45. The predicted octanol–water partition coefficient (Wildman–Crippen LogP) is 2.76. The lowest BCUT2D eigenvalue weighted by molar-refractivity contribution is 0.0697. The number of carboxylic acid groups (broad SMARTS) is 1. The zero-order valence-electron chi connectivity index (χ0n) is 6.32. The number of halogens is 1. The quantitative estimate of drug-likeness (QED) is 0.855. The van der Waals surface area contributed by atoms with Gasteiger partial charge in [0.05, 0.1) is 10.3 Å². The SMILES string of the molecule is O=C(O)c1ccc2c(Br)nsc2c1. The maximum Gasteiger partial charge on any atom is 0.335 e. The molecule has 1 aromatic carbocycles. The second-order valence-corrected chi connectivity index (χ2v) is 4.05. The zero-order valence-corrected chi connectivity index (χ0v) is 8.72. The molecule has 2 aromatic rings. The number of aromatic carboxylic acids is 1. The Morgan fingerprint density at radius 3 is 3.00 bits per heavy atom. The molecule has 0 saturated heterocycles. The summed E-state index contributed by atoms with van der Waals surface area (Å²) in [4.78, 5) is 10.6. The van der Waals surface area contributed by atoms with Crippen LogP contribution >= 0.6 is 27.5 Å². The van der Waals surface area contributed by atoms with Crippen LogP contribution in [0.4, 0.5) is 0 Å². The summed E-state index contributed by atoms with van der Waals surface area (Å²) in [5.41, 5.74) is 0.295. The Morgan fingerprint density at radius 2 is 2.31 bits per heavy atom. The van der Waals surface area contributed by atoms with Gasteiger partial charge in [-0.3, -0.25) is 0 Å². The second kappa shape index (κ2) is 3.08. The Bertz CT molecular complexity index is 480. The van der Waals surface area contributed by atoms with Gasteiger partial charge in [-0.25, -0.2) is 4.79 Å². The summed E-state index contributed by atoms with van der Waals surface area (Å²) in [5.74, 6) is -0.911. The average molecular weight is 258 g/mol. The Morgan fingerprint density at radius 1 is 1.54 bits per heavy atom. The molecule has 2 rings (SSSR count). The fourth-order valence-electron chi connectivity index (χ4n) is 1.04. The number of rotatable bonds is 1. The molecule has 0 spiro atoms. The third-order valence-corrected chi connectivity index (χ3v) is 3.32. The smallest absolute Gasteiger partial charge is 0.335 e. The van der Waals surface area contributed by atoms with E-state index in [4.69, 9.17) is 5.11 Å². The van der Waals surface area contributed by atoms with Gasteiger partial charge >= 0.3 is 5.97 Å². The molecule has 13 heavy (non-hydrogen) atoms. The molecule has 0 atom stereocenters. The van der Waals surface area contributed by atoms with Crippen LogP contribution < -0.4 is 0 Å². The van der Waals surface area contributed by atoms with E-state index in [1.165, 1.54) is 11.5 Å². The lowest BCUT2D eigenvalue weighted by Crippen LogP contribution is -1.94. The summed E-state index contributed by atoms with van der Waals surface area (Å²) in [7, 11) is 0. The monoisotopic (exact) mass is 257 g/mol. The van der Waals surface area contributed by atoms with Crippen molar-refractivity contribution in [1.82, 2.24) is 4.37 Å². The summed E-state index contributed by atoms with van der Waals surface area (Å²) < 4.78 is 5.71. The van der Waals surface area contributed by atoms with E-state index in [2.05, 4.69) is 20.3 Å². The summed E-state index contributed by atoms with van der Waals surface area (Å²) >= 11 is 4.57. The van der Waals surface area contributed by atoms with Gasteiger partial charge in [-0.2, -0.15) is 4.37 Å². The number of benzene rings is 1. The van der Waals surface area contributed by atoms with Crippen molar-refractivity contribution in [3.05, 3.63) is 28.4 Å². The van der Waals surface area contributed by atoms with Crippen LogP contribution in [-0.4, -0.2) is 15.4 Å².